The maximum absolute atomic E-state index is 13.9. The summed E-state index contributed by atoms with van der Waals surface area (Å²) in [7, 11) is 0. The normalized spacial score (nSPS) is 32.8. The molecule has 2 unspecified atom stereocenters. The fourth-order valence-electron chi connectivity index (χ4n) is 3.16. The lowest BCUT2D eigenvalue weighted by atomic mass is 10.1. The van der Waals surface area contributed by atoms with Crippen molar-refractivity contribution in [3.63, 3.8) is 0 Å². The van der Waals surface area contributed by atoms with Crippen LogP contribution in [0.1, 0.15) is 24.1 Å². The van der Waals surface area contributed by atoms with Crippen molar-refractivity contribution in [2.75, 3.05) is 19.6 Å². The van der Waals surface area contributed by atoms with Crippen molar-refractivity contribution in [1.82, 2.24) is 9.88 Å². The molecule has 1 aliphatic heterocycles. The minimum atomic E-state index is -0.0788. The van der Waals surface area contributed by atoms with E-state index in [2.05, 4.69) is 16.8 Å². The molecule has 16 heavy (non-hydrogen) atoms. The van der Waals surface area contributed by atoms with Gasteiger partial charge in [0, 0.05) is 19.3 Å². The van der Waals surface area contributed by atoms with Crippen molar-refractivity contribution in [3.8, 4) is 0 Å². The van der Waals surface area contributed by atoms with Crippen LogP contribution in [0.3, 0.4) is 0 Å². The van der Waals surface area contributed by atoms with Crippen LogP contribution in [-0.4, -0.2) is 29.5 Å². The van der Waals surface area contributed by atoms with Gasteiger partial charge >= 0.3 is 0 Å². The van der Waals surface area contributed by atoms with Crippen LogP contribution in [0, 0.1) is 24.6 Å². The number of pyridine rings is 1. The number of aromatic nitrogens is 1. The molecule has 2 fully saturated rings. The molecular formula is C13H17FN2. The van der Waals surface area contributed by atoms with Crippen LogP contribution in [0.5, 0.6) is 0 Å². The van der Waals surface area contributed by atoms with Gasteiger partial charge < -0.3 is 4.90 Å². The van der Waals surface area contributed by atoms with Gasteiger partial charge in [0.25, 0.3) is 0 Å². The summed E-state index contributed by atoms with van der Waals surface area (Å²) >= 11 is 0. The number of halogens is 1. The molecule has 2 nitrogen and oxygen atoms in total. The molecule has 0 N–H and O–H groups in total. The molecule has 2 aliphatic rings. The first-order valence-electron chi connectivity index (χ1n) is 6.05. The van der Waals surface area contributed by atoms with E-state index in [4.69, 9.17) is 0 Å². The summed E-state index contributed by atoms with van der Waals surface area (Å²) in [5.74, 6) is 1.77. The number of nitrogens with zero attached hydrogens (tertiary/aromatic N) is 2. The van der Waals surface area contributed by atoms with E-state index < -0.39 is 0 Å². The zero-order valence-corrected chi connectivity index (χ0v) is 9.78. The van der Waals surface area contributed by atoms with Gasteiger partial charge in [-0.1, -0.05) is 6.92 Å². The van der Waals surface area contributed by atoms with Crippen molar-refractivity contribution in [2.24, 2.45) is 11.8 Å². The topological polar surface area (TPSA) is 16.1 Å². The van der Waals surface area contributed by atoms with E-state index in [0.29, 0.717) is 23.4 Å². The largest absolute Gasteiger partial charge is 0.303 e. The van der Waals surface area contributed by atoms with Crippen molar-refractivity contribution >= 4 is 0 Å². The zero-order valence-electron chi connectivity index (χ0n) is 9.78. The summed E-state index contributed by atoms with van der Waals surface area (Å²) in [6.07, 6.45) is 1.74. The second kappa shape index (κ2) is 3.52. The summed E-state index contributed by atoms with van der Waals surface area (Å²) in [5, 5.41) is 0. The highest BCUT2D eigenvalue weighted by atomic mass is 19.1. The van der Waals surface area contributed by atoms with E-state index in [9.17, 15) is 4.39 Å². The minimum absolute atomic E-state index is 0.0788. The predicted molar refractivity (Wildman–Crippen MR) is 60.8 cm³/mol. The van der Waals surface area contributed by atoms with E-state index in [0.717, 1.165) is 25.2 Å². The summed E-state index contributed by atoms with van der Waals surface area (Å²) in [5.41, 5.74) is 1.44. The number of piperidine rings is 1. The number of hydrogen-bond acceptors (Lipinski definition) is 2. The number of aryl methyl sites for hydroxylation is 1. The predicted octanol–water partition coefficient (Wildman–Crippen LogP) is 2.19. The second-order valence-corrected chi connectivity index (χ2v) is 5.01. The number of fused-ring (bicyclic) bond motifs is 1. The third kappa shape index (κ3) is 1.38. The first-order chi connectivity index (χ1) is 7.72. The summed E-state index contributed by atoms with van der Waals surface area (Å²) in [4.78, 5) is 6.45. The molecule has 3 heteroatoms. The standard InChI is InChI=1S/C13H17FN2/c1-3-16-6-10-11(7-16)12(10)9-4-5-15-8(2)13(9)14/h4-5,10-12H,3,6-7H2,1-2H3. The van der Waals surface area contributed by atoms with Crippen LogP contribution in [0.4, 0.5) is 4.39 Å². The van der Waals surface area contributed by atoms with Gasteiger partial charge in [-0.25, -0.2) is 4.39 Å². The summed E-state index contributed by atoms with van der Waals surface area (Å²) < 4.78 is 13.9. The lowest BCUT2D eigenvalue weighted by molar-refractivity contribution is 0.312. The second-order valence-electron chi connectivity index (χ2n) is 5.01. The summed E-state index contributed by atoms with van der Waals surface area (Å²) in [6, 6.07) is 1.86. The Kier molecular flexibility index (Phi) is 2.25. The Bertz CT molecular complexity index is 406. The van der Waals surface area contributed by atoms with Crippen molar-refractivity contribution < 1.29 is 4.39 Å². The highest BCUT2D eigenvalue weighted by Gasteiger charge is 2.56. The first kappa shape index (κ1) is 10.2. The third-order valence-electron chi connectivity index (χ3n) is 4.17. The molecule has 2 atom stereocenters. The lowest BCUT2D eigenvalue weighted by Gasteiger charge is -2.17. The zero-order chi connectivity index (χ0) is 11.3. The molecule has 1 aliphatic carbocycles. The van der Waals surface area contributed by atoms with Crippen LogP contribution in [0.15, 0.2) is 12.3 Å². The molecule has 1 aromatic rings. The molecule has 0 bridgehead atoms. The Balaban J connectivity index is 1.80. The smallest absolute Gasteiger partial charge is 0.147 e. The van der Waals surface area contributed by atoms with Gasteiger partial charge in [0.05, 0.1) is 5.69 Å². The molecule has 0 amide bonds. The van der Waals surface area contributed by atoms with E-state index >= 15 is 0 Å². The van der Waals surface area contributed by atoms with Crippen LogP contribution < -0.4 is 0 Å². The van der Waals surface area contributed by atoms with E-state index in [1.807, 2.05) is 6.07 Å². The van der Waals surface area contributed by atoms with Gasteiger partial charge in [0.15, 0.2) is 0 Å². The first-order valence-corrected chi connectivity index (χ1v) is 6.05. The van der Waals surface area contributed by atoms with Crippen molar-refractivity contribution in [1.29, 1.82) is 0 Å². The van der Waals surface area contributed by atoms with Gasteiger partial charge in [-0.2, -0.15) is 0 Å². The highest BCUT2D eigenvalue weighted by Crippen LogP contribution is 2.58. The van der Waals surface area contributed by atoms with Gasteiger partial charge in [-0.05, 0) is 42.9 Å². The van der Waals surface area contributed by atoms with E-state index in [-0.39, 0.29) is 5.82 Å². The lowest BCUT2D eigenvalue weighted by Crippen LogP contribution is -2.23. The van der Waals surface area contributed by atoms with Crippen molar-refractivity contribution in [3.05, 3.63) is 29.3 Å². The minimum Gasteiger partial charge on any atom is -0.303 e. The Morgan fingerprint density at radius 1 is 1.44 bits per heavy atom. The monoisotopic (exact) mass is 220 g/mol. The van der Waals surface area contributed by atoms with Crippen LogP contribution in [0.25, 0.3) is 0 Å². The molecule has 2 heterocycles. The fraction of sp³-hybridized carbons (Fsp3) is 0.615. The van der Waals surface area contributed by atoms with Crippen LogP contribution in [-0.2, 0) is 0 Å². The van der Waals surface area contributed by atoms with Crippen LogP contribution >= 0.6 is 0 Å². The van der Waals surface area contributed by atoms with Gasteiger partial charge in [0.1, 0.15) is 5.82 Å². The molecule has 86 valence electrons. The van der Waals surface area contributed by atoms with Gasteiger partial charge in [0.2, 0.25) is 0 Å². The molecular weight excluding hydrogens is 203 g/mol. The molecule has 1 aromatic heterocycles. The molecule has 1 saturated heterocycles. The van der Waals surface area contributed by atoms with Gasteiger partial charge in [-0.15, -0.1) is 0 Å². The SMILES string of the molecule is CCN1CC2C(C1)C2c1ccnc(C)c1F. The number of hydrogen-bond donors (Lipinski definition) is 0. The molecule has 0 aromatic carbocycles. The van der Waals surface area contributed by atoms with Crippen LogP contribution in [0.2, 0.25) is 0 Å². The van der Waals surface area contributed by atoms with E-state index in [1.54, 1.807) is 13.1 Å². The third-order valence-corrected chi connectivity index (χ3v) is 4.17. The average molecular weight is 220 g/mol. The highest BCUT2D eigenvalue weighted by molar-refractivity contribution is 5.32. The molecule has 3 rings (SSSR count). The molecule has 0 spiro atoms. The van der Waals surface area contributed by atoms with Crippen molar-refractivity contribution in [2.45, 2.75) is 19.8 Å². The number of rotatable bonds is 2. The van der Waals surface area contributed by atoms with E-state index in [1.165, 1.54) is 0 Å². The Morgan fingerprint density at radius 3 is 2.75 bits per heavy atom. The fourth-order valence-corrected chi connectivity index (χ4v) is 3.16. The maximum Gasteiger partial charge on any atom is 0.147 e. The Morgan fingerprint density at radius 2 is 2.12 bits per heavy atom. The maximum atomic E-state index is 13.9. The molecule has 0 radical (unpaired) electrons. The quantitative estimate of drug-likeness (QED) is 0.759. The Hall–Kier alpha value is -0.960. The average Bonchev–Trinajstić information content (AvgIpc) is 2.77. The van der Waals surface area contributed by atoms with Gasteiger partial charge in [-0.3, -0.25) is 4.98 Å². The molecule has 1 saturated carbocycles. The Labute approximate surface area is 95.5 Å². The number of likely N-dealkylation sites (tertiary alicyclic amines) is 1. The summed E-state index contributed by atoms with van der Waals surface area (Å²) in [6.45, 7) is 7.35.